The van der Waals surface area contributed by atoms with E-state index in [4.69, 9.17) is 9.72 Å². The highest BCUT2D eigenvalue weighted by Gasteiger charge is 2.45. The van der Waals surface area contributed by atoms with Crippen LogP contribution >= 0.6 is 0 Å². The Morgan fingerprint density at radius 3 is 2.93 bits per heavy atom. The van der Waals surface area contributed by atoms with Crippen LogP contribution < -0.4 is 5.56 Å². The molecule has 6 nitrogen and oxygen atoms in total. The number of aromatic nitrogens is 2. The van der Waals surface area contributed by atoms with Gasteiger partial charge >= 0.3 is 5.97 Å². The molecule has 2 aromatic heterocycles. The van der Waals surface area contributed by atoms with Crippen LogP contribution in [0.5, 0.6) is 0 Å². The number of carbonyl (C=O) groups is 1. The normalized spacial score (nSPS) is 19.7. The first-order valence-electron chi connectivity index (χ1n) is 9.20. The van der Waals surface area contributed by atoms with Crippen LogP contribution in [-0.2, 0) is 28.3 Å². The van der Waals surface area contributed by atoms with Gasteiger partial charge in [0.05, 0.1) is 29.0 Å². The Hall–Kier alpha value is -3.25. The minimum absolute atomic E-state index is 0.123. The summed E-state index contributed by atoms with van der Waals surface area (Å²) in [5.41, 5.74) is 2.55. The molecule has 0 unspecified atom stereocenters. The van der Waals surface area contributed by atoms with E-state index in [2.05, 4.69) is 6.58 Å². The first-order valence-corrected chi connectivity index (χ1v) is 9.20. The highest BCUT2D eigenvalue weighted by Crippen LogP contribution is 2.38. The highest BCUT2D eigenvalue weighted by atomic mass is 16.6. The summed E-state index contributed by atoms with van der Waals surface area (Å²) < 4.78 is 6.73. The van der Waals surface area contributed by atoms with Crippen molar-refractivity contribution in [1.82, 2.24) is 9.55 Å². The SMILES string of the molecule is C=Cc1cccc2cc3c(nc12)-c1cc2c(c(=O)n1C3)COC(=O)[C@]2(O)CC. The fourth-order valence-electron chi connectivity index (χ4n) is 4.20. The van der Waals surface area contributed by atoms with E-state index in [-0.39, 0.29) is 18.6 Å². The number of cyclic esters (lactones) is 1. The van der Waals surface area contributed by atoms with E-state index in [0.717, 1.165) is 22.0 Å². The molecule has 28 heavy (non-hydrogen) atoms. The second-order valence-corrected chi connectivity index (χ2v) is 7.22. The van der Waals surface area contributed by atoms with E-state index in [1.54, 1.807) is 23.6 Å². The fourth-order valence-corrected chi connectivity index (χ4v) is 4.20. The van der Waals surface area contributed by atoms with Gasteiger partial charge in [-0.1, -0.05) is 37.8 Å². The molecule has 0 bridgehead atoms. The molecular formula is C22H18N2O4. The molecule has 0 spiro atoms. The van der Waals surface area contributed by atoms with Gasteiger partial charge in [-0.2, -0.15) is 0 Å². The van der Waals surface area contributed by atoms with Gasteiger partial charge in [-0.15, -0.1) is 0 Å². The molecule has 140 valence electrons. The van der Waals surface area contributed by atoms with Crippen molar-refractivity contribution in [3.63, 3.8) is 0 Å². The maximum absolute atomic E-state index is 13.1. The molecule has 5 rings (SSSR count). The summed E-state index contributed by atoms with van der Waals surface area (Å²) >= 11 is 0. The molecular weight excluding hydrogens is 356 g/mol. The maximum Gasteiger partial charge on any atom is 0.343 e. The number of para-hydroxylation sites is 1. The highest BCUT2D eigenvalue weighted by molar-refractivity contribution is 5.90. The minimum atomic E-state index is -1.81. The average molecular weight is 374 g/mol. The van der Waals surface area contributed by atoms with Gasteiger partial charge in [0.1, 0.15) is 6.61 Å². The minimum Gasteiger partial charge on any atom is -0.458 e. The third-order valence-corrected chi connectivity index (χ3v) is 5.79. The van der Waals surface area contributed by atoms with Crippen molar-refractivity contribution in [2.24, 2.45) is 0 Å². The molecule has 6 heteroatoms. The molecule has 1 N–H and O–H groups in total. The quantitative estimate of drug-likeness (QED) is 0.546. The van der Waals surface area contributed by atoms with Crippen LogP contribution in [0.3, 0.4) is 0 Å². The largest absolute Gasteiger partial charge is 0.458 e. The Labute approximate surface area is 160 Å². The zero-order valence-electron chi connectivity index (χ0n) is 15.4. The summed E-state index contributed by atoms with van der Waals surface area (Å²) in [6.45, 7) is 5.82. The third kappa shape index (κ3) is 2.03. The number of pyridine rings is 2. The predicted molar refractivity (Wildman–Crippen MR) is 105 cm³/mol. The Bertz CT molecular complexity index is 1260. The summed E-state index contributed by atoms with van der Waals surface area (Å²) in [6.07, 6.45) is 1.88. The maximum atomic E-state index is 13.1. The molecule has 0 saturated heterocycles. The monoisotopic (exact) mass is 374 g/mol. The lowest BCUT2D eigenvalue weighted by Gasteiger charge is -2.31. The van der Waals surface area contributed by atoms with Crippen LogP contribution in [0.2, 0.25) is 0 Å². The fraction of sp³-hybridized carbons (Fsp3) is 0.227. The van der Waals surface area contributed by atoms with E-state index in [1.165, 1.54) is 0 Å². The van der Waals surface area contributed by atoms with Gasteiger partial charge in [0.2, 0.25) is 0 Å². The first-order chi connectivity index (χ1) is 13.5. The van der Waals surface area contributed by atoms with Crippen LogP contribution in [0.15, 0.2) is 41.7 Å². The summed E-state index contributed by atoms with van der Waals surface area (Å²) in [7, 11) is 0. The van der Waals surface area contributed by atoms with Gasteiger partial charge in [-0.05, 0) is 18.6 Å². The lowest BCUT2D eigenvalue weighted by atomic mass is 9.86. The molecule has 0 fully saturated rings. The molecule has 4 heterocycles. The third-order valence-electron chi connectivity index (χ3n) is 5.79. The lowest BCUT2D eigenvalue weighted by molar-refractivity contribution is -0.172. The zero-order chi connectivity index (χ0) is 19.6. The number of fused-ring (bicyclic) bond motifs is 5. The number of esters is 1. The lowest BCUT2D eigenvalue weighted by Crippen LogP contribution is -2.44. The number of rotatable bonds is 2. The molecule has 0 amide bonds. The van der Waals surface area contributed by atoms with Crippen molar-refractivity contribution in [1.29, 1.82) is 0 Å². The van der Waals surface area contributed by atoms with Gasteiger partial charge < -0.3 is 14.4 Å². The number of ether oxygens (including phenoxy) is 1. The van der Waals surface area contributed by atoms with Crippen LogP contribution in [0.1, 0.15) is 35.6 Å². The summed E-state index contributed by atoms with van der Waals surface area (Å²) in [4.78, 5) is 30.2. The average Bonchev–Trinajstić information content (AvgIpc) is 3.07. The second-order valence-electron chi connectivity index (χ2n) is 7.22. The van der Waals surface area contributed by atoms with Crippen LogP contribution in [-0.4, -0.2) is 20.6 Å². The first kappa shape index (κ1) is 16.9. The molecule has 0 saturated carbocycles. The van der Waals surface area contributed by atoms with Crippen molar-refractivity contribution >= 4 is 22.9 Å². The summed E-state index contributed by atoms with van der Waals surface area (Å²) in [6, 6.07) is 9.63. The molecule has 1 aromatic carbocycles. The molecule has 0 aliphatic carbocycles. The van der Waals surface area contributed by atoms with Crippen LogP contribution in [0.25, 0.3) is 28.4 Å². The van der Waals surface area contributed by atoms with E-state index in [0.29, 0.717) is 29.1 Å². The molecule has 1 atom stereocenters. The number of carbonyl (C=O) groups excluding carboxylic acids is 1. The smallest absolute Gasteiger partial charge is 0.343 e. The molecule has 3 aromatic rings. The Morgan fingerprint density at radius 1 is 1.36 bits per heavy atom. The second kappa shape index (κ2) is 5.62. The number of aliphatic hydroxyl groups is 1. The Morgan fingerprint density at radius 2 is 2.18 bits per heavy atom. The predicted octanol–water partition coefficient (Wildman–Crippen LogP) is 2.72. The van der Waals surface area contributed by atoms with Crippen molar-refractivity contribution in [3.05, 3.63) is 69.5 Å². The van der Waals surface area contributed by atoms with E-state index in [1.807, 2.05) is 24.3 Å². The van der Waals surface area contributed by atoms with Gasteiger partial charge in [0.15, 0.2) is 5.60 Å². The Kier molecular flexibility index (Phi) is 3.39. The van der Waals surface area contributed by atoms with Crippen LogP contribution in [0.4, 0.5) is 0 Å². The molecule has 2 aliphatic rings. The van der Waals surface area contributed by atoms with E-state index >= 15 is 0 Å². The van der Waals surface area contributed by atoms with E-state index < -0.39 is 11.6 Å². The van der Waals surface area contributed by atoms with Crippen molar-refractivity contribution in [3.8, 4) is 11.4 Å². The van der Waals surface area contributed by atoms with Crippen LogP contribution in [0, 0.1) is 0 Å². The number of benzene rings is 1. The zero-order valence-corrected chi connectivity index (χ0v) is 15.4. The Balaban J connectivity index is 1.82. The molecule has 2 aliphatic heterocycles. The van der Waals surface area contributed by atoms with Gasteiger partial charge in [-0.3, -0.25) is 4.79 Å². The van der Waals surface area contributed by atoms with Gasteiger partial charge in [0.25, 0.3) is 5.56 Å². The van der Waals surface area contributed by atoms with Gasteiger partial charge in [0, 0.05) is 22.1 Å². The standard InChI is InChI=1S/C22H18N2O4/c1-3-12-6-5-7-13-8-14-10-24-17(19(14)23-18(12)13)9-16-15(20(24)25)11-28-21(26)22(16,27)4-2/h3,5-9,27H,1,4,10-11H2,2H3/t22-/m0/s1. The number of nitrogens with zero attached hydrogens (tertiary/aromatic N) is 2. The van der Waals surface area contributed by atoms with Crippen molar-refractivity contribution < 1.29 is 14.6 Å². The van der Waals surface area contributed by atoms with Gasteiger partial charge in [-0.25, -0.2) is 9.78 Å². The topological polar surface area (TPSA) is 81.4 Å². The molecule has 0 radical (unpaired) electrons. The number of hydrogen-bond acceptors (Lipinski definition) is 5. The summed E-state index contributed by atoms with van der Waals surface area (Å²) in [5, 5.41) is 11.9. The van der Waals surface area contributed by atoms with Crippen molar-refractivity contribution in [2.45, 2.75) is 32.1 Å². The number of hydrogen-bond donors (Lipinski definition) is 1. The summed E-state index contributed by atoms with van der Waals surface area (Å²) in [5.74, 6) is -0.717. The van der Waals surface area contributed by atoms with E-state index in [9.17, 15) is 14.7 Å². The van der Waals surface area contributed by atoms with Crippen molar-refractivity contribution in [2.75, 3.05) is 0 Å².